The Labute approximate surface area is 132 Å². The van der Waals surface area contributed by atoms with Crippen molar-refractivity contribution < 1.29 is 14.6 Å². The molecule has 0 fully saturated rings. The Morgan fingerprint density at radius 3 is 2.29 bits per heavy atom. The van der Waals surface area contributed by atoms with E-state index in [0.29, 0.717) is 19.0 Å². The Balaban J connectivity index is 1.98. The van der Waals surface area contributed by atoms with Crippen LogP contribution in [0.2, 0.25) is 0 Å². The summed E-state index contributed by atoms with van der Waals surface area (Å²) < 4.78 is 12.3. The maximum Gasteiger partial charge on any atom is 0.161 e. The predicted molar refractivity (Wildman–Crippen MR) is 84.9 cm³/mol. The number of ether oxygens (including phenoxy) is 2. The van der Waals surface area contributed by atoms with Crippen LogP contribution in [0.3, 0.4) is 0 Å². The van der Waals surface area contributed by atoms with Gasteiger partial charge in [-0.2, -0.15) is 0 Å². The standard InChI is InChI=1S/C17H17BrO3/c1-17(19,12-3-6-14(18)7-4-12)13-5-8-15-16(11-13)21-10-2-9-20-15/h3-8,11,19H,2,9-10H2,1H3. The van der Waals surface area contributed by atoms with Crippen LogP contribution in [-0.4, -0.2) is 18.3 Å². The molecule has 0 amide bonds. The molecule has 2 aromatic carbocycles. The Hall–Kier alpha value is -1.52. The summed E-state index contributed by atoms with van der Waals surface area (Å²) in [7, 11) is 0. The minimum absolute atomic E-state index is 0.636. The summed E-state index contributed by atoms with van der Waals surface area (Å²) in [4.78, 5) is 0. The lowest BCUT2D eigenvalue weighted by atomic mass is 9.88. The van der Waals surface area contributed by atoms with Crippen molar-refractivity contribution in [1.82, 2.24) is 0 Å². The second-order valence-corrected chi connectivity index (χ2v) is 6.21. The van der Waals surface area contributed by atoms with E-state index in [9.17, 15) is 5.11 Å². The fourth-order valence-electron chi connectivity index (χ4n) is 2.41. The first kappa shape index (κ1) is 14.4. The van der Waals surface area contributed by atoms with Gasteiger partial charge in [0.25, 0.3) is 0 Å². The van der Waals surface area contributed by atoms with Gasteiger partial charge in [0, 0.05) is 10.9 Å². The maximum absolute atomic E-state index is 10.9. The van der Waals surface area contributed by atoms with Crippen molar-refractivity contribution in [1.29, 1.82) is 0 Å². The summed E-state index contributed by atoms with van der Waals surface area (Å²) in [6.07, 6.45) is 0.868. The van der Waals surface area contributed by atoms with Gasteiger partial charge in [-0.15, -0.1) is 0 Å². The lowest BCUT2D eigenvalue weighted by Gasteiger charge is -2.25. The van der Waals surface area contributed by atoms with E-state index < -0.39 is 5.60 Å². The number of aliphatic hydroxyl groups is 1. The van der Waals surface area contributed by atoms with E-state index in [2.05, 4.69) is 15.9 Å². The van der Waals surface area contributed by atoms with E-state index in [1.165, 1.54) is 0 Å². The summed E-state index contributed by atoms with van der Waals surface area (Å²) in [6, 6.07) is 13.3. The van der Waals surface area contributed by atoms with Gasteiger partial charge >= 0.3 is 0 Å². The fraction of sp³-hybridized carbons (Fsp3) is 0.294. The number of rotatable bonds is 2. The van der Waals surface area contributed by atoms with Crippen LogP contribution < -0.4 is 9.47 Å². The molecule has 0 bridgehead atoms. The summed E-state index contributed by atoms with van der Waals surface area (Å²) in [5.41, 5.74) is 0.542. The van der Waals surface area contributed by atoms with Gasteiger partial charge in [-0.3, -0.25) is 0 Å². The van der Waals surface area contributed by atoms with E-state index in [0.717, 1.165) is 27.8 Å². The van der Waals surface area contributed by atoms with Gasteiger partial charge in [-0.25, -0.2) is 0 Å². The summed E-state index contributed by atoms with van der Waals surface area (Å²) >= 11 is 3.41. The molecule has 110 valence electrons. The number of hydrogen-bond donors (Lipinski definition) is 1. The monoisotopic (exact) mass is 348 g/mol. The topological polar surface area (TPSA) is 38.7 Å². The van der Waals surface area contributed by atoms with E-state index in [1.54, 1.807) is 6.92 Å². The molecule has 4 heteroatoms. The van der Waals surface area contributed by atoms with Crippen LogP contribution in [0.4, 0.5) is 0 Å². The highest BCUT2D eigenvalue weighted by Crippen LogP contribution is 2.37. The molecule has 21 heavy (non-hydrogen) atoms. The third-order valence-corrected chi connectivity index (χ3v) is 4.24. The maximum atomic E-state index is 10.9. The molecule has 0 spiro atoms. The van der Waals surface area contributed by atoms with E-state index in [4.69, 9.17) is 9.47 Å². The first-order valence-electron chi connectivity index (χ1n) is 6.96. The molecule has 3 rings (SSSR count). The van der Waals surface area contributed by atoms with Gasteiger partial charge in [-0.1, -0.05) is 34.1 Å². The molecule has 1 atom stereocenters. The zero-order chi connectivity index (χ0) is 14.9. The van der Waals surface area contributed by atoms with Gasteiger partial charge in [-0.05, 0) is 42.3 Å². The molecule has 3 nitrogen and oxygen atoms in total. The molecule has 0 aromatic heterocycles. The van der Waals surface area contributed by atoms with Crippen LogP contribution >= 0.6 is 15.9 Å². The van der Waals surface area contributed by atoms with Gasteiger partial charge in [0.05, 0.1) is 13.2 Å². The smallest absolute Gasteiger partial charge is 0.161 e. The van der Waals surface area contributed by atoms with Crippen LogP contribution in [-0.2, 0) is 5.60 Å². The van der Waals surface area contributed by atoms with Crippen molar-refractivity contribution in [3.8, 4) is 11.5 Å². The highest BCUT2D eigenvalue weighted by molar-refractivity contribution is 9.10. The summed E-state index contributed by atoms with van der Waals surface area (Å²) in [5, 5.41) is 10.9. The average molecular weight is 349 g/mol. The molecule has 1 N–H and O–H groups in total. The Bertz CT molecular complexity index is 635. The van der Waals surface area contributed by atoms with E-state index >= 15 is 0 Å². The third kappa shape index (κ3) is 2.92. The van der Waals surface area contributed by atoms with Crippen molar-refractivity contribution >= 4 is 15.9 Å². The van der Waals surface area contributed by atoms with Crippen LogP contribution in [0.5, 0.6) is 11.5 Å². The molecule has 0 saturated heterocycles. The molecule has 1 aliphatic heterocycles. The average Bonchev–Trinajstić information content (AvgIpc) is 2.72. The van der Waals surface area contributed by atoms with Gasteiger partial charge in [0.1, 0.15) is 5.60 Å². The number of hydrogen-bond acceptors (Lipinski definition) is 3. The van der Waals surface area contributed by atoms with Crippen molar-refractivity contribution in [3.05, 3.63) is 58.1 Å². The summed E-state index contributed by atoms with van der Waals surface area (Å²) in [5.74, 6) is 1.44. The molecule has 0 saturated carbocycles. The molecular weight excluding hydrogens is 332 g/mol. The van der Waals surface area contributed by atoms with E-state index in [-0.39, 0.29) is 0 Å². The quantitative estimate of drug-likeness (QED) is 0.895. The van der Waals surface area contributed by atoms with Crippen LogP contribution in [0.1, 0.15) is 24.5 Å². The van der Waals surface area contributed by atoms with Crippen molar-refractivity contribution in [2.45, 2.75) is 18.9 Å². The third-order valence-electron chi connectivity index (χ3n) is 3.72. The first-order chi connectivity index (χ1) is 10.1. The van der Waals surface area contributed by atoms with Gasteiger partial charge in [0.2, 0.25) is 0 Å². The molecule has 1 aliphatic rings. The summed E-state index contributed by atoms with van der Waals surface area (Å²) in [6.45, 7) is 3.09. The van der Waals surface area contributed by atoms with Crippen LogP contribution in [0.25, 0.3) is 0 Å². The highest BCUT2D eigenvalue weighted by Gasteiger charge is 2.27. The normalized spacial score (nSPS) is 16.9. The highest BCUT2D eigenvalue weighted by atomic mass is 79.9. The molecule has 1 heterocycles. The number of fused-ring (bicyclic) bond motifs is 1. The largest absolute Gasteiger partial charge is 0.490 e. The van der Waals surface area contributed by atoms with Gasteiger partial charge in [0.15, 0.2) is 11.5 Å². The zero-order valence-corrected chi connectivity index (χ0v) is 13.4. The fourth-order valence-corrected chi connectivity index (χ4v) is 2.67. The van der Waals surface area contributed by atoms with Gasteiger partial charge < -0.3 is 14.6 Å². The van der Waals surface area contributed by atoms with Crippen molar-refractivity contribution in [2.75, 3.05) is 13.2 Å². The van der Waals surface area contributed by atoms with Crippen molar-refractivity contribution in [3.63, 3.8) is 0 Å². The molecular formula is C17H17BrO3. The number of benzene rings is 2. The SMILES string of the molecule is CC(O)(c1ccc(Br)cc1)c1ccc2c(c1)OCCCO2. The second-order valence-electron chi connectivity index (χ2n) is 5.29. The Kier molecular flexibility index (Phi) is 3.91. The molecule has 0 aliphatic carbocycles. The van der Waals surface area contributed by atoms with E-state index in [1.807, 2.05) is 42.5 Å². The minimum atomic E-state index is -1.08. The predicted octanol–water partition coefficient (Wildman–Crippen LogP) is 3.87. The first-order valence-corrected chi connectivity index (χ1v) is 7.75. The van der Waals surface area contributed by atoms with Crippen LogP contribution in [0, 0.1) is 0 Å². The lowest BCUT2D eigenvalue weighted by molar-refractivity contribution is 0.102. The molecule has 2 aromatic rings. The second kappa shape index (κ2) is 5.70. The molecule has 0 radical (unpaired) electrons. The van der Waals surface area contributed by atoms with Crippen molar-refractivity contribution in [2.24, 2.45) is 0 Å². The Morgan fingerprint density at radius 2 is 1.57 bits per heavy atom. The Morgan fingerprint density at radius 1 is 0.952 bits per heavy atom. The van der Waals surface area contributed by atoms with Crippen LogP contribution in [0.15, 0.2) is 46.9 Å². The minimum Gasteiger partial charge on any atom is -0.490 e. The number of halogens is 1. The lowest BCUT2D eigenvalue weighted by Crippen LogP contribution is -2.22. The zero-order valence-electron chi connectivity index (χ0n) is 11.8. The molecule has 1 unspecified atom stereocenters.